The van der Waals surface area contributed by atoms with Crippen LogP contribution in [-0.4, -0.2) is 28.9 Å². The Kier molecular flexibility index (Phi) is 4.09. The van der Waals surface area contributed by atoms with Crippen molar-refractivity contribution in [1.82, 2.24) is 4.90 Å². The van der Waals surface area contributed by atoms with Gasteiger partial charge < -0.3 is 10.0 Å². The zero-order valence-corrected chi connectivity index (χ0v) is 13.4. The molecule has 3 rings (SSSR count). The Labute approximate surface area is 139 Å². The number of carboxylic acid groups (broad SMARTS) is 1. The number of hydrogen-bond acceptors (Lipinski definition) is 2. The first-order valence-corrected chi connectivity index (χ1v) is 7.74. The summed E-state index contributed by atoms with van der Waals surface area (Å²) in [5.74, 6) is -1.12. The average Bonchev–Trinajstić information content (AvgIpc) is 2.97. The van der Waals surface area contributed by atoms with Gasteiger partial charge >= 0.3 is 5.97 Å². The van der Waals surface area contributed by atoms with Crippen LogP contribution in [0.5, 0.6) is 0 Å². The molecular formula is C18H16ClNO3. The standard InChI is InChI=1S/C18H16ClNO3/c1-20(17(21)13-4-2-3-5-15(13)19)16-9-8-11-6-7-12(18(22)23)10-14(11)16/h2-7,10,16H,8-9H2,1H3,(H,22,23)/t16-/m1/s1. The van der Waals surface area contributed by atoms with Crippen molar-refractivity contribution in [3.8, 4) is 0 Å². The fourth-order valence-corrected chi connectivity index (χ4v) is 3.30. The number of carbonyl (C=O) groups excluding carboxylic acids is 1. The van der Waals surface area contributed by atoms with E-state index in [1.165, 1.54) is 0 Å². The summed E-state index contributed by atoms with van der Waals surface area (Å²) < 4.78 is 0. The molecule has 1 aliphatic rings. The molecular weight excluding hydrogens is 314 g/mol. The molecule has 1 atom stereocenters. The van der Waals surface area contributed by atoms with Gasteiger partial charge in [0, 0.05) is 7.05 Å². The molecule has 0 aliphatic heterocycles. The SMILES string of the molecule is CN(C(=O)c1ccccc1Cl)[C@@H]1CCc2ccc(C(=O)O)cc21. The molecule has 2 aromatic rings. The summed E-state index contributed by atoms with van der Waals surface area (Å²) in [5.41, 5.74) is 2.71. The lowest BCUT2D eigenvalue weighted by Gasteiger charge is -2.26. The fraction of sp³-hybridized carbons (Fsp3) is 0.222. The van der Waals surface area contributed by atoms with Crippen LogP contribution in [0.2, 0.25) is 5.02 Å². The Morgan fingerprint density at radius 1 is 1.22 bits per heavy atom. The van der Waals surface area contributed by atoms with E-state index in [1.54, 1.807) is 48.3 Å². The molecule has 1 amide bonds. The first-order chi connectivity index (χ1) is 11.0. The third-order valence-electron chi connectivity index (χ3n) is 4.33. The first-order valence-electron chi connectivity index (χ1n) is 7.37. The molecule has 0 saturated heterocycles. The Balaban J connectivity index is 1.93. The van der Waals surface area contributed by atoms with Crippen molar-refractivity contribution in [3.05, 3.63) is 69.7 Å². The monoisotopic (exact) mass is 329 g/mol. The number of carbonyl (C=O) groups is 2. The van der Waals surface area contributed by atoms with Gasteiger partial charge in [-0.1, -0.05) is 29.8 Å². The zero-order valence-electron chi connectivity index (χ0n) is 12.6. The predicted molar refractivity (Wildman–Crippen MR) is 88.0 cm³/mol. The minimum absolute atomic E-state index is 0.131. The highest BCUT2D eigenvalue weighted by molar-refractivity contribution is 6.33. The predicted octanol–water partition coefficient (Wildman–Crippen LogP) is 3.80. The second kappa shape index (κ2) is 6.05. The summed E-state index contributed by atoms with van der Waals surface area (Å²) in [7, 11) is 1.73. The number of amides is 1. The molecule has 0 fully saturated rings. The summed E-state index contributed by atoms with van der Waals surface area (Å²) in [6.07, 6.45) is 1.62. The summed E-state index contributed by atoms with van der Waals surface area (Å²) in [6, 6.07) is 11.9. The topological polar surface area (TPSA) is 57.6 Å². The summed E-state index contributed by atoms with van der Waals surface area (Å²) >= 11 is 6.11. The van der Waals surface area contributed by atoms with Crippen LogP contribution in [0.4, 0.5) is 0 Å². The highest BCUT2D eigenvalue weighted by Gasteiger charge is 2.30. The number of hydrogen-bond donors (Lipinski definition) is 1. The number of aryl methyl sites for hydroxylation is 1. The number of nitrogens with zero attached hydrogens (tertiary/aromatic N) is 1. The molecule has 0 aromatic heterocycles. The minimum Gasteiger partial charge on any atom is -0.478 e. The lowest BCUT2D eigenvalue weighted by atomic mass is 10.0. The Bertz CT molecular complexity index is 788. The van der Waals surface area contributed by atoms with Crippen molar-refractivity contribution in [1.29, 1.82) is 0 Å². The van der Waals surface area contributed by atoms with Gasteiger partial charge in [-0.2, -0.15) is 0 Å². The average molecular weight is 330 g/mol. The molecule has 4 nitrogen and oxygen atoms in total. The van der Waals surface area contributed by atoms with Gasteiger partial charge in [0.05, 0.1) is 22.2 Å². The zero-order chi connectivity index (χ0) is 16.6. The van der Waals surface area contributed by atoms with Crippen LogP contribution in [0.3, 0.4) is 0 Å². The maximum atomic E-state index is 12.7. The van der Waals surface area contributed by atoms with Crippen molar-refractivity contribution in [2.75, 3.05) is 7.05 Å². The molecule has 1 aliphatic carbocycles. The highest BCUT2D eigenvalue weighted by atomic mass is 35.5. The van der Waals surface area contributed by atoms with Gasteiger partial charge in [0.15, 0.2) is 0 Å². The first kappa shape index (κ1) is 15.6. The maximum absolute atomic E-state index is 12.7. The van der Waals surface area contributed by atoms with E-state index < -0.39 is 5.97 Å². The van der Waals surface area contributed by atoms with Crippen molar-refractivity contribution in [2.45, 2.75) is 18.9 Å². The molecule has 0 radical (unpaired) electrons. The summed E-state index contributed by atoms with van der Waals surface area (Å²) in [6.45, 7) is 0. The lowest BCUT2D eigenvalue weighted by Crippen LogP contribution is -2.30. The summed E-state index contributed by atoms with van der Waals surface area (Å²) in [5, 5.41) is 9.58. The third kappa shape index (κ3) is 2.82. The number of aromatic carboxylic acids is 1. The van der Waals surface area contributed by atoms with E-state index in [0.29, 0.717) is 10.6 Å². The summed E-state index contributed by atoms with van der Waals surface area (Å²) in [4.78, 5) is 25.5. The van der Waals surface area contributed by atoms with E-state index in [4.69, 9.17) is 16.7 Å². The number of carboxylic acids is 1. The molecule has 118 valence electrons. The molecule has 0 bridgehead atoms. The Morgan fingerprint density at radius 2 is 1.96 bits per heavy atom. The minimum atomic E-state index is -0.960. The van der Waals surface area contributed by atoms with Gasteiger partial charge in [0.1, 0.15) is 0 Å². The number of fused-ring (bicyclic) bond motifs is 1. The van der Waals surface area contributed by atoms with Crippen molar-refractivity contribution in [2.24, 2.45) is 0 Å². The Hall–Kier alpha value is -2.33. The van der Waals surface area contributed by atoms with Crippen molar-refractivity contribution >= 4 is 23.5 Å². The molecule has 1 N–H and O–H groups in total. The van der Waals surface area contributed by atoms with Crippen molar-refractivity contribution < 1.29 is 14.7 Å². The highest BCUT2D eigenvalue weighted by Crippen LogP contribution is 2.36. The number of rotatable bonds is 3. The van der Waals surface area contributed by atoms with Crippen LogP contribution in [0, 0.1) is 0 Å². The van der Waals surface area contributed by atoms with Crippen LogP contribution >= 0.6 is 11.6 Å². The van der Waals surface area contributed by atoms with Crippen LogP contribution in [0.15, 0.2) is 42.5 Å². The molecule has 23 heavy (non-hydrogen) atoms. The third-order valence-corrected chi connectivity index (χ3v) is 4.66. The van der Waals surface area contributed by atoms with Gasteiger partial charge in [-0.3, -0.25) is 4.79 Å². The van der Waals surface area contributed by atoms with Gasteiger partial charge in [-0.15, -0.1) is 0 Å². The fourth-order valence-electron chi connectivity index (χ4n) is 3.08. The van der Waals surface area contributed by atoms with Crippen LogP contribution in [0.25, 0.3) is 0 Å². The second-order valence-electron chi connectivity index (χ2n) is 5.67. The van der Waals surface area contributed by atoms with E-state index in [9.17, 15) is 9.59 Å². The van der Waals surface area contributed by atoms with E-state index in [1.807, 2.05) is 6.07 Å². The number of benzene rings is 2. The van der Waals surface area contributed by atoms with Crippen molar-refractivity contribution in [3.63, 3.8) is 0 Å². The van der Waals surface area contributed by atoms with E-state index >= 15 is 0 Å². The van der Waals surface area contributed by atoms with Gasteiger partial charge in [-0.25, -0.2) is 4.79 Å². The van der Waals surface area contributed by atoms with E-state index in [2.05, 4.69) is 0 Å². The Morgan fingerprint density at radius 3 is 2.65 bits per heavy atom. The number of halogens is 1. The molecule has 0 saturated carbocycles. The molecule has 0 heterocycles. The molecule has 0 unspecified atom stereocenters. The van der Waals surface area contributed by atoms with Gasteiger partial charge in [0.25, 0.3) is 5.91 Å². The quantitative estimate of drug-likeness (QED) is 0.931. The van der Waals surface area contributed by atoms with Crippen LogP contribution in [-0.2, 0) is 6.42 Å². The van der Waals surface area contributed by atoms with Crippen LogP contribution in [0.1, 0.15) is 44.3 Å². The largest absolute Gasteiger partial charge is 0.478 e. The van der Waals surface area contributed by atoms with E-state index in [-0.39, 0.29) is 17.5 Å². The second-order valence-corrected chi connectivity index (χ2v) is 6.08. The molecule has 0 spiro atoms. The molecule has 5 heteroatoms. The van der Waals surface area contributed by atoms with Crippen LogP contribution < -0.4 is 0 Å². The van der Waals surface area contributed by atoms with Gasteiger partial charge in [-0.05, 0) is 48.2 Å². The van der Waals surface area contributed by atoms with E-state index in [0.717, 1.165) is 24.0 Å². The molecule has 2 aromatic carbocycles. The normalized spacial score (nSPS) is 16.0. The lowest BCUT2D eigenvalue weighted by molar-refractivity contribution is 0.0696. The maximum Gasteiger partial charge on any atom is 0.335 e. The smallest absolute Gasteiger partial charge is 0.335 e. The van der Waals surface area contributed by atoms with Gasteiger partial charge in [0.2, 0.25) is 0 Å².